The van der Waals surface area contributed by atoms with Crippen LogP contribution in [0.1, 0.15) is 19.4 Å². The Balaban J connectivity index is 1.73. The fraction of sp³-hybridized carbons (Fsp3) is 0.200. The van der Waals surface area contributed by atoms with E-state index in [1.165, 1.54) is 6.92 Å². The highest BCUT2D eigenvalue weighted by atomic mass is 16.5. The first-order valence-corrected chi connectivity index (χ1v) is 8.07. The van der Waals surface area contributed by atoms with Gasteiger partial charge in [-0.2, -0.15) is 0 Å². The second-order valence-electron chi connectivity index (χ2n) is 6.00. The lowest BCUT2D eigenvalue weighted by Gasteiger charge is -2.21. The molecule has 1 aliphatic rings. The molecule has 1 N–H and O–H groups in total. The number of nitrogens with zero attached hydrogens (tertiary/aromatic N) is 1. The fourth-order valence-corrected chi connectivity index (χ4v) is 2.69. The molecule has 0 aliphatic carbocycles. The minimum absolute atomic E-state index is 0.0458. The van der Waals surface area contributed by atoms with Crippen molar-refractivity contribution in [2.45, 2.75) is 20.3 Å². The van der Waals surface area contributed by atoms with Gasteiger partial charge in [0.2, 0.25) is 5.91 Å². The van der Waals surface area contributed by atoms with E-state index in [1.807, 2.05) is 24.3 Å². The minimum Gasteiger partial charge on any atom is -0.461 e. The lowest BCUT2D eigenvalue weighted by atomic mass is 10.00. The number of nitrogens with one attached hydrogen (secondary N) is 1. The first-order chi connectivity index (χ1) is 12.0. The molecule has 0 aromatic heterocycles. The lowest BCUT2D eigenvalue weighted by molar-refractivity contribution is -0.116. The molecule has 1 heterocycles. The van der Waals surface area contributed by atoms with Crippen LogP contribution in [-0.2, 0) is 16.0 Å². The van der Waals surface area contributed by atoms with Crippen molar-refractivity contribution in [2.24, 2.45) is 0 Å². The molecule has 0 atom stereocenters. The lowest BCUT2D eigenvalue weighted by Crippen LogP contribution is -2.23. The number of hydrogen-bond donors (Lipinski definition) is 1. The van der Waals surface area contributed by atoms with Gasteiger partial charge in [-0.25, -0.2) is 0 Å². The number of rotatable bonds is 3. The number of amides is 2. The Morgan fingerprint density at radius 1 is 1.08 bits per heavy atom. The molecule has 0 spiro atoms. The number of hydrogen-bond acceptors (Lipinski definition) is 3. The van der Waals surface area contributed by atoms with Gasteiger partial charge in [-0.1, -0.05) is 18.2 Å². The maximum absolute atomic E-state index is 12.6. The quantitative estimate of drug-likeness (QED) is 0.933. The highest BCUT2D eigenvalue weighted by Gasteiger charge is 2.22. The number of allylic oxidation sites excluding steroid dienone is 1. The van der Waals surface area contributed by atoms with Gasteiger partial charge in [0.15, 0.2) is 0 Å². The molecule has 0 saturated carbocycles. The summed E-state index contributed by atoms with van der Waals surface area (Å²) in [6, 6.07) is 14.9. The molecule has 0 unspecified atom stereocenters. The van der Waals surface area contributed by atoms with Crippen LogP contribution in [0, 0.1) is 0 Å². The molecule has 5 heteroatoms. The zero-order valence-electron chi connectivity index (χ0n) is 14.5. The first-order valence-electron chi connectivity index (χ1n) is 8.07. The summed E-state index contributed by atoms with van der Waals surface area (Å²) < 4.78 is 5.75. The van der Waals surface area contributed by atoms with E-state index >= 15 is 0 Å². The SMILES string of the molecule is CC(=O)N(C)c1ccc(NC(=O)C2=C(C)Oc3ccccc3C2)cc1. The summed E-state index contributed by atoms with van der Waals surface area (Å²) in [5.41, 5.74) is 3.06. The second kappa shape index (κ2) is 6.81. The molecule has 2 amide bonds. The maximum Gasteiger partial charge on any atom is 0.255 e. The van der Waals surface area contributed by atoms with E-state index in [0.717, 1.165) is 17.0 Å². The Labute approximate surface area is 146 Å². The predicted octanol–water partition coefficient (Wildman–Crippen LogP) is 3.52. The summed E-state index contributed by atoms with van der Waals surface area (Å²) in [5.74, 6) is 1.19. The number of anilines is 2. The van der Waals surface area contributed by atoms with Crippen LogP contribution >= 0.6 is 0 Å². The van der Waals surface area contributed by atoms with Crippen molar-refractivity contribution in [2.75, 3.05) is 17.3 Å². The molecule has 2 aromatic rings. The summed E-state index contributed by atoms with van der Waals surface area (Å²) >= 11 is 0. The number of benzene rings is 2. The predicted molar refractivity (Wildman–Crippen MR) is 97.6 cm³/mol. The van der Waals surface area contributed by atoms with Crippen molar-refractivity contribution in [1.82, 2.24) is 0 Å². The van der Waals surface area contributed by atoms with Crippen molar-refractivity contribution in [3.8, 4) is 5.75 Å². The Morgan fingerprint density at radius 2 is 1.76 bits per heavy atom. The van der Waals surface area contributed by atoms with E-state index in [9.17, 15) is 9.59 Å². The van der Waals surface area contributed by atoms with Crippen LogP contribution in [0.4, 0.5) is 11.4 Å². The smallest absolute Gasteiger partial charge is 0.255 e. The third kappa shape index (κ3) is 3.55. The number of ether oxygens (including phenoxy) is 1. The van der Waals surface area contributed by atoms with Gasteiger partial charge >= 0.3 is 0 Å². The van der Waals surface area contributed by atoms with Gasteiger partial charge in [-0.3, -0.25) is 9.59 Å². The van der Waals surface area contributed by atoms with Crippen molar-refractivity contribution in [3.63, 3.8) is 0 Å². The average Bonchev–Trinajstić information content (AvgIpc) is 2.61. The monoisotopic (exact) mass is 336 g/mol. The largest absolute Gasteiger partial charge is 0.461 e. The Morgan fingerprint density at radius 3 is 2.44 bits per heavy atom. The second-order valence-corrected chi connectivity index (χ2v) is 6.00. The van der Waals surface area contributed by atoms with E-state index in [2.05, 4.69) is 5.32 Å². The van der Waals surface area contributed by atoms with Crippen LogP contribution in [0.5, 0.6) is 5.75 Å². The fourth-order valence-electron chi connectivity index (χ4n) is 2.69. The maximum atomic E-state index is 12.6. The molecule has 1 aliphatic heterocycles. The molecule has 0 saturated heterocycles. The molecule has 0 fully saturated rings. The standard InChI is InChI=1S/C20H20N2O3/c1-13-18(12-15-6-4-5-7-19(15)25-13)20(24)21-16-8-10-17(11-9-16)22(3)14(2)23/h4-11H,12H2,1-3H3,(H,21,24). The van der Waals surface area contributed by atoms with Gasteiger partial charge in [0.25, 0.3) is 5.91 Å². The number of carbonyl (C=O) groups is 2. The van der Waals surface area contributed by atoms with Crippen LogP contribution < -0.4 is 15.0 Å². The van der Waals surface area contributed by atoms with Gasteiger partial charge in [0.05, 0.1) is 5.57 Å². The summed E-state index contributed by atoms with van der Waals surface area (Å²) in [4.78, 5) is 25.5. The van der Waals surface area contributed by atoms with E-state index in [-0.39, 0.29) is 11.8 Å². The van der Waals surface area contributed by atoms with Crippen molar-refractivity contribution in [3.05, 3.63) is 65.4 Å². The molecule has 0 bridgehead atoms. The molecule has 128 valence electrons. The Bertz CT molecular complexity index is 853. The van der Waals surface area contributed by atoms with Gasteiger partial charge in [-0.05, 0) is 42.8 Å². The van der Waals surface area contributed by atoms with Crippen LogP contribution in [0.15, 0.2) is 59.9 Å². The number of carbonyl (C=O) groups excluding carboxylic acids is 2. The van der Waals surface area contributed by atoms with Crippen LogP contribution in [-0.4, -0.2) is 18.9 Å². The van der Waals surface area contributed by atoms with Crippen LogP contribution in [0.3, 0.4) is 0 Å². The number of para-hydroxylation sites is 1. The van der Waals surface area contributed by atoms with E-state index in [0.29, 0.717) is 23.4 Å². The van der Waals surface area contributed by atoms with Gasteiger partial charge in [0, 0.05) is 31.8 Å². The third-order valence-corrected chi connectivity index (χ3v) is 4.29. The topological polar surface area (TPSA) is 58.6 Å². The normalized spacial score (nSPS) is 12.9. The number of fused-ring (bicyclic) bond motifs is 1. The zero-order valence-corrected chi connectivity index (χ0v) is 14.5. The van der Waals surface area contributed by atoms with Gasteiger partial charge < -0.3 is 15.0 Å². The molecule has 2 aromatic carbocycles. The summed E-state index contributed by atoms with van der Waals surface area (Å²) in [7, 11) is 1.71. The van der Waals surface area contributed by atoms with Crippen molar-refractivity contribution in [1.29, 1.82) is 0 Å². The van der Waals surface area contributed by atoms with Crippen molar-refractivity contribution >= 4 is 23.2 Å². The molecule has 5 nitrogen and oxygen atoms in total. The third-order valence-electron chi connectivity index (χ3n) is 4.29. The Kier molecular flexibility index (Phi) is 4.57. The first kappa shape index (κ1) is 16.8. The van der Waals surface area contributed by atoms with E-state index in [1.54, 1.807) is 43.1 Å². The van der Waals surface area contributed by atoms with E-state index in [4.69, 9.17) is 4.74 Å². The van der Waals surface area contributed by atoms with E-state index < -0.39 is 0 Å². The Hall–Kier alpha value is -3.08. The van der Waals surface area contributed by atoms with Gasteiger partial charge in [0.1, 0.15) is 11.5 Å². The van der Waals surface area contributed by atoms with Crippen LogP contribution in [0.2, 0.25) is 0 Å². The summed E-state index contributed by atoms with van der Waals surface area (Å²) in [6.07, 6.45) is 0.541. The zero-order chi connectivity index (χ0) is 18.0. The van der Waals surface area contributed by atoms with Crippen molar-refractivity contribution < 1.29 is 14.3 Å². The molecule has 0 radical (unpaired) electrons. The average molecular weight is 336 g/mol. The molecular formula is C20H20N2O3. The highest BCUT2D eigenvalue weighted by Crippen LogP contribution is 2.30. The van der Waals surface area contributed by atoms with Crippen LogP contribution in [0.25, 0.3) is 0 Å². The minimum atomic E-state index is -0.181. The molecule has 3 rings (SSSR count). The van der Waals surface area contributed by atoms with Gasteiger partial charge in [-0.15, -0.1) is 0 Å². The molecular weight excluding hydrogens is 316 g/mol. The summed E-state index contributed by atoms with van der Waals surface area (Å²) in [5, 5.41) is 2.89. The summed E-state index contributed by atoms with van der Waals surface area (Å²) in [6.45, 7) is 3.31. The highest BCUT2D eigenvalue weighted by molar-refractivity contribution is 6.04. The molecule has 25 heavy (non-hydrogen) atoms.